The Bertz CT molecular complexity index is 525. The van der Waals surface area contributed by atoms with E-state index in [4.69, 9.17) is 0 Å². The quantitative estimate of drug-likeness (QED) is 0.618. The zero-order valence-electron chi connectivity index (χ0n) is 13.8. The van der Waals surface area contributed by atoms with Crippen LogP contribution in [0.4, 0.5) is 0 Å². The molecule has 0 bridgehead atoms. The van der Waals surface area contributed by atoms with E-state index in [-0.39, 0.29) is 42.8 Å². The molecule has 1 saturated heterocycles. The summed E-state index contributed by atoms with van der Waals surface area (Å²) >= 11 is 0. The van der Waals surface area contributed by atoms with E-state index < -0.39 is 10.2 Å². The molecule has 0 aromatic rings. The molecule has 2 N–H and O–H groups in total. The van der Waals surface area contributed by atoms with Gasteiger partial charge in [-0.25, -0.2) is 4.72 Å². The lowest BCUT2D eigenvalue weighted by Gasteiger charge is -2.31. The number of carbonyl (C=O) groups excluding carboxylic acids is 2. The first-order chi connectivity index (χ1) is 9.95. The molecule has 1 heterocycles. The zero-order valence-corrected chi connectivity index (χ0v) is 14.7. The highest BCUT2D eigenvalue weighted by atomic mass is 32.2. The Hall–Kier alpha value is -1.19. The fourth-order valence-corrected chi connectivity index (χ4v) is 2.79. The smallest absolute Gasteiger partial charge is 0.278 e. The van der Waals surface area contributed by atoms with Crippen LogP contribution >= 0.6 is 0 Å². The van der Waals surface area contributed by atoms with Gasteiger partial charge in [0.25, 0.3) is 10.2 Å². The summed E-state index contributed by atoms with van der Waals surface area (Å²) in [7, 11) is -0.637. The van der Waals surface area contributed by atoms with Gasteiger partial charge in [-0.1, -0.05) is 0 Å². The Morgan fingerprint density at radius 3 is 2.36 bits per heavy atom. The molecule has 128 valence electrons. The van der Waals surface area contributed by atoms with E-state index in [9.17, 15) is 18.0 Å². The predicted molar refractivity (Wildman–Crippen MR) is 83.2 cm³/mol. The van der Waals surface area contributed by atoms with Gasteiger partial charge in [0.05, 0.1) is 5.92 Å². The molecule has 0 aromatic carbocycles. The van der Waals surface area contributed by atoms with Gasteiger partial charge >= 0.3 is 0 Å². The van der Waals surface area contributed by atoms with Crippen molar-refractivity contribution in [2.45, 2.75) is 32.7 Å². The first kappa shape index (κ1) is 18.9. The van der Waals surface area contributed by atoms with E-state index in [0.29, 0.717) is 6.54 Å². The average Bonchev–Trinajstić information content (AvgIpc) is 2.76. The van der Waals surface area contributed by atoms with Gasteiger partial charge in [-0.15, -0.1) is 0 Å². The lowest BCUT2D eigenvalue weighted by Crippen LogP contribution is -2.44. The number of likely N-dealkylation sites (tertiary alicyclic amines) is 1. The summed E-state index contributed by atoms with van der Waals surface area (Å²) in [4.78, 5) is 25.7. The van der Waals surface area contributed by atoms with Crippen LogP contribution in [0.15, 0.2) is 0 Å². The van der Waals surface area contributed by atoms with E-state index >= 15 is 0 Å². The van der Waals surface area contributed by atoms with E-state index in [2.05, 4.69) is 10.0 Å². The van der Waals surface area contributed by atoms with Gasteiger partial charge in [0.15, 0.2) is 0 Å². The monoisotopic (exact) mass is 334 g/mol. The average molecular weight is 334 g/mol. The molecule has 0 aliphatic carbocycles. The summed E-state index contributed by atoms with van der Waals surface area (Å²) in [5, 5.41) is 2.67. The summed E-state index contributed by atoms with van der Waals surface area (Å²) in [6.45, 7) is 6.49. The molecule has 1 rings (SSSR count). The number of carbonyl (C=O) groups is 2. The standard InChI is InChI=1S/C13H26N4O4S/c1-13(2,3)17-9-10(8-11(17)18)12(19)14-6-7-15-22(20,21)16(4)5/h10,15H,6-9H2,1-5H3,(H,14,19). The van der Waals surface area contributed by atoms with Crippen molar-refractivity contribution in [3.63, 3.8) is 0 Å². The van der Waals surface area contributed by atoms with Gasteiger partial charge in [-0.2, -0.15) is 12.7 Å². The summed E-state index contributed by atoms with van der Waals surface area (Å²) in [5.74, 6) is -0.623. The molecule has 1 unspecified atom stereocenters. The normalized spacial score (nSPS) is 19.8. The fourth-order valence-electron chi connectivity index (χ4n) is 2.17. The highest BCUT2D eigenvalue weighted by Gasteiger charge is 2.39. The van der Waals surface area contributed by atoms with Gasteiger partial charge in [0.2, 0.25) is 11.8 Å². The highest BCUT2D eigenvalue weighted by Crippen LogP contribution is 2.25. The molecular formula is C13H26N4O4S. The molecule has 9 heteroatoms. The molecule has 0 spiro atoms. The topological polar surface area (TPSA) is 98.8 Å². The van der Waals surface area contributed by atoms with E-state index in [1.807, 2.05) is 20.8 Å². The number of nitrogens with one attached hydrogen (secondary N) is 2. The zero-order chi connectivity index (χ0) is 17.1. The van der Waals surface area contributed by atoms with Crippen molar-refractivity contribution in [3.8, 4) is 0 Å². The van der Waals surface area contributed by atoms with Crippen molar-refractivity contribution in [2.24, 2.45) is 5.92 Å². The van der Waals surface area contributed by atoms with Crippen molar-refractivity contribution in [3.05, 3.63) is 0 Å². The largest absolute Gasteiger partial charge is 0.354 e. The summed E-state index contributed by atoms with van der Waals surface area (Å²) < 4.78 is 26.4. The van der Waals surface area contributed by atoms with E-state index in [1.165, 1.54) is 14.1 Å². The van der Waals surface area contributed by atoms with Crippen molar-refractivity contribution in [1.82, 2.24) is 19.2 Å². The van der Waals surface area contributed by atoms with Crippen molar-refractivity contribution in [2.75, 3.05) is 33.7 Å². The third-order valence-corrected chi connectivity index (χ3v) is 5.03. The van der Waals surface area contributed by atoms with Crippen LogP contribution in [0.1, 0.15) is 27.2 Å². The molecule has 0 aromatic heterocycles. The Morgan fingerprint density at radius 1 is 1.32 bits per heavy atom. The fraction of sp³-hybridized carbons (Fsp3) is 0.846. The van der Waals surface area contributed by atoms with E-state index in [1.54, 1.807) is 4.90 Å². The van der Waals surface area contributed by atoms with Gasteiger partial charge in [0.1, 0.15) is 0 Å². The molecule has 0 saturated carbocycles. The summed E-state index contributed by atoms with van der Waals surface area (Å²) in [6, 6.07) is 0. The minimum Gasteiger partial charge on any atom is -0.354 e. The molecule has 1 aliphatic rings. The predicted octanol–water partition coefficient (Wildman–Crippen LogP) is -0.854. The molecule has 22 heavy (non-hydrogen) atoms. The minimum absolute atomic E-state index is 0.0269. The second-order valence-electron chi connectivity index (χ2n) is 6.55. The van der Waals surface area contributed by atoms with Crippen molar-refractivity contribution < 1.29 is 18.0 Å². The Kier molecular flexibility index (Phi) is 5.94. The van der Waals surface area contributed by atoms with Crippen LogP contribution in [-0.4, -0.2) is 68.7 Å². The number of hydrogen-bond acceptors (Lipinski definition) is 4. The van der Waals surface area contributed by atoms with Crippen LogP contribution in [0.3, 0.4) is 0 Å². The number of hydrogen-bond donors (Lipinski definition) is 2. The maximum absolute atomic E-state index is 12.0. The van der Waals surface area contributed by atoms with Crippen LogP contribution in [0.2, 0.25) is 0 Å². The summed E-state index contributed by atoms with van der Waals surface area (Å²) in [6.07, 6.45) is 0.201. The van der Waals surface area contributed by atoms with Gasteiger partial charge in [0, 0.05) is 45.7 Å². The Morgan fingerprint density at radius 2 is 1.91 bits per heavy atom. The summed E-state index contributed by atoms with van der Waals surface area (Å²) in [5.41, 5.74) is -0.298. The van der Waals surface area contributed by atoms with E-state index in [0.717, 1.165) is 4.31 Å². The van der Waals surface area contributed by atoms with Gasteiger partial charge in [-0.05, 0) is 20.8 Å². The lowest BCUT2D eigenvalue weighted by atomic mass is 10.1. The molecule has 1 aliphatic heterocycles. The number of rotatable bonds is 6. The van der Waals surface area contributed by atoms with Gasteiger partial charge in [-0.3, -0.25) is 9.59 Å². The van der Waals surface area contributed by atoms with Crippen LogP contribution in [0, 0.1) is 5.92 Å². The third kappa shape index (κ3) is 4.92. The van der Waals surface area contributed by atoms with Crippen LogP contribution < -0.4 is 10.0 Å². The first-order valence-corrected chi connectivity index (χ1v) is 8.64. The maximum atomic E-state index is 12.0. The minimum atomic E-state index is -3.48. The first-order valence-electron chi connectivity index (χ1n) is 7.20. The molecule has 8 nitrogen and oxygen atoms in total. The second kappa shape index (κ2) is 6.93. The Balaban J connectivity index is 2.40. The third-order valence-electron chi connectivity index (χ3n) is 3.49. The molecule has 0 radical (unpaired) electrons. The molecular weight excluding hydrogens is 308 g/mol. The van der Waals surface area contributed by atoms with Crippen molar-refractivity contribution in [1.29, 1.82) is 0 Å². The van der Waals surface area contributed by atoms with Crippen LogP contribution in [0.25, 0.3) is 0 Å². The van der Waals surface area contributed by atoms with Crippen molar-refractivity contribution >= 4 is 22.0 Å². The highest BCUT2D eigenvalue weighted by molar-refractivity contribution is 7.87. The van der Waals surface area contributed by atoms with Crippen LogP contribution in [-0.2, 0) is 19.8 Å². The molecule has 1 atom stereocenters. The maximum Gasteiger partial charge on any atom is 0.278 e. The Labute approximate surface area is 132 Å². The SMILES string of the molecule is CN(C)S(=O)(=O)NCCNC(=O)C1CC(=O)N(C(C)(C)C)C1. The molecule has 1 fully saturated rings. The molecule has 2 amide bonds. The van der Waals surface area contributed by atoms with Crippen LogP contribution in [0.5, 0.6) is 0 Å². The second-order valence-corrected chi connectivity index (χ2v) is 8.52. The number of amides is 2. The lowest BCUT2D eigenvalue weighted by molar-refractivity contribution is -0.132. The van der Waals surface area contributed by atoms with Gasteiger partial charge < -0.3 is 10.2 Å². The number of nitrogens with zero attached hydrogens (tertiary/aromatic N) is 2.